The van der Waals surface area contributed by atoms with E-state index in [0.29, 0.717) is 28.0 Å². The summed E-state index contributed by atoms with van der Waals surface area (Å²) in [7, 11) is -4.05. The summed E-state index contributed by atoms with van der Waals surface area (Å²) in [5, 5.41) is 5.00. The highest BCUT2D eigenvalue weighted by atomic mass is 35.5. The van der Waals surface area contributed by atoms with Crippen molar-refractivity contribution in [2.75, 3.05) is 10.8 Å². The Hall–Kier alpha value is -3.85. The van der Waals surface area contributed by atoms with Crippen LogP contribution in [0.25, 0.3) is 0 Å². The molecule has 0 aliphatic heterocycles. The van der Waals surface area contributed by atoms with Crippen LogP contribution in [-0.4, -0.2) is 27.1 Å². The number of carbonyl (C=O) groups is 1. The fourth-order valence-corrected chi connectivity index (χ4v) is 5.21. The molecule has 10 heteroatoms. The summed E-state index contributed by atoms with van der Waals surface area (Å²) in [6, 6.07) is 28.6. The van der Waals surface area contributed by atoms with Crippen molar-refractivity contribution >= 4 is 51.0 Å². The zero-order valence-electron chi connectivity index (χ0n) is 20.0. The minimum absolute atomic E-state index is 0.0445. The fourth-order valence-electron chi connectivity index (χ4n) is 3.47. The van der Waals surface area contributed by atoms with Gasteiger partial charge in [0.05, 0.1) is 16.8 Å². The van der Waals surface area contributed by atoms with Crippen molar-refractivity contribution in [3.8, 4) is 5.75 Å². The van der Waals surface area contributed by atoms with Gasteiger partial charge in [0.1, 0.15) is 18.9 Å². The molecule has 0 saturated heterocycles. The van der Waals surface area contributed by atoms with Crippen molar-refractivity contribution in [3.63, 3.8) is 0 Å². The van der Waals surface area contributed by atoms with E-state index < -0.39 is 22.5 Å². The Morgan fingerprint density at radius 3 is 2.32 bits per heavy atom. The lowest BCUT2D eigenvalue weighted by Crippen LogP contribution is -2.39. The second-order valence-corrected chi connectivity index (χ2v) is 10.8. The zero-order valence-corrected chi connectivity index (χ0v) is 22.3. The van der Waals surface area contributed by atoms with Gasteiger partial charge in [0.25, 0.3) is 15.9 Å². The monoisotopic (exact) mass is 567 g/mol. The Morgan fingerprint density at radius 2 is 1.58 bits per heavy atom. The number of anilines is 1. The normalized spacial score (nSPS) is 11.3. The minimum atomic E-state index is -4.05. The van der Waals surface area contributed by atoms with Gasteiger partial charge in [0.2, 0.25) is 0 Å². The molecule has 7 nitrogen and oxygen atoms in total. The highest BCUT2D eigenvalue weighted by Crippen LogP contribution is 2.26. The van der Waals surface area contributed by atoms with E-state index in [1.807, 2.05) is 24.3 Å². The Bertz CT molecular complexity index is 1530. The molecule has 0 aliphatic carbocycles. The maximum absolute atomic E-state index is 13.4. The van der Waals surface area contributed by atoms with Crippen LogP contribution in [0.3, 0.4) is 0 Å². The molecule has 0 spiro atoms. The lowest BCUT2D eigenvalue weighted by molar-refractivity contribution is -0.119. The first-order valence-electron chi connectivity index (χ1n) is 11.4. The standard InChI is InChI=1S/C28H23Cl2N3O4S/c29-23-15-13-21(14-16-23)20-37-27-12-5-4-7-22(27)18-31-32-28(34)19-33(25-9-6-8-24(30)17-25)38(35,36)26-10-2-1-3-11-26/h1-18H,19-20H2,(H,32,34). The number of carbonyl (C=O) groups excluding carboxylic acids is 1. The summed E-state index contributed by atoms with van der Waals surface area (Å²) in [5.41, 5.74) is 4.22. The number of para-hydroxylation sites is 1. The van der Waals surface area contributed by atoms with Crippen molar-refractivity contribution < 1.29 is 17.9 Å². The van der Waals surface area contributed by atoms with Crippen molar-refractivity contribution in [2.45, 2.75) is 11.5 Å². The molecule has 0 unspecified atom stereocenters. The van der Waals surface area contributed by atoms with Gasteiger partial charge in [-0.15, -0.1) is 0 Å². The van der Waals surface area contributed by atoms with Gasteiger partial charge < -0.3 is 4.74 Å². The molecule has 1 N–H and O–H groups in total. The van der Waals surface area contributed by atoms with Gasteiger partial charge in [-0.05, 0) is 60.2 Å². The maximum atomic E-state index is 13.4. The quantitative estimate of drug-likeness (QED) is 0.190. The predicted molar refractivity (Wildman–Crippen MR) is 150 cm³/mol. The van der Waals surface area contributed by atoms with Crippen molar-refractivity contribution in [2.24, 2.45) is 5.10 Å². The van der Waals surface area contributed by atoms with Crippen LogP contribution in [0, 0.1) is 0 Å². The van der Waals surface area contributed by atoms with E-state index in [2.05, 4.69) is 10.5 Å². The van der Waals surface area contributed by atoms with Crippen LogP contribution in [0.1, 0.15) is 11.1 Å². The minimum Gasteiger partial charge on any atom is -0.488 e. The lowest BCUT2D eigenvalue weighted by Gasteiger charge is -2.23. The van der Waals surface area contributed by atoms with E-state index in [4.69, 9.17) is 27.9 Å². The lowest BCUT2D eigenvalue weighted by atomic mass is 10.2. The molecular formula is C28H23Cl2N3O4S. The van der Waals surface area contributed by atoms with Crippen LogP contribution >= 0.6 is 23.2 Å². The van der Waals surface area contributed by atoms with Crippen LogP contribution < -0.4 is 14.5 Å². The Labute approximate surface area is 231 Å². The third-order valence-electron chi connectivity index (χ3n) is 5.33. The van der Waals surface area contributed by atoms with Crippen molar-refractivity contribution in [1.29, 1.82) is 0 Å². The first-order chi connectivity index (χ1) is 18.3. The van der Waals surface area contributed by atoms with Gasteiger partial charge in [-0.3, -0.25) is 9.10 Å². The molecule has 0 aromatic heterocycles. The van der Waals surface area contributed by atoms with E-state index in [0.717, 1.165) is 9.87 Å². The number of hydrazone groups is 1. The molecule has 4 aromatic carbocycles. The third kappa shape index (κ3) is 7.13. The summed E-state index contributed by atoms with van der Waals surface area (Å²) in [5.74, 6) is -0.0760. The van der Waals surface area contributed by atoms with E-state index in [9.17, 15) is 13.2 Å². The van der Waals surface area contributed by atoms with Gasteiger partial charge in [-0.1, -0.05) is 71.7 Å². The molecule has 0 radical (unpaired) electrons. The van der Waals surface area contributed by atoms with Gasteiger partial charge in [-0.2, -0.15) is 5.10 Å². The van der Waals surface area contributed by atoms with Crippen LogP contribution in [0.5, 0.6) is 5.75 Å². The summed E-state index contributed by atoms with van der Waals surface area (Å²) in [6.07, 6.45) is 1.44. The molecule has 38 heavy (non-hydrogen) atoms. The topological polar surface area (TPSA) is 88.1 Å². The third-order valence-corrected chi connectivity index (χ3v) is 7.61. The summed E-state index contributed by atoms with van der Waals surface area (Å²) >= 11 is 12.0. The van der Waals surface area contributed by atoms with E-state index in [1.165, 1.54) is 24.4 Å². The average molecular weight is 568 g/mol. The van der Waals surface area contributed by atoms with Gasteiger partial charge in [0, 0.05) is 15.6 Å². The maximum Gasteiger partial charge on any atom is 0.264 e. The second-order valence-electron chi connectivity index (χ2n) is 8.05. The molecule has 4 aromatic rings. The first kappa shape index (κ1) is 27.2. The average Bonchev–Trinajstić information content (AvgIpc) is 2.92. The Kier molecular flexibility index (Phi) is 9.02. The number of hydrogen-bond donors (Lipinski definition) is 1. The largest absolute Gasteiger partial charge is 0.488 e. The molecule has 0 aliphatic rings. The number of rotatable bonds is 10. The number of amides is 1. The second kappa shape index (κ2) is 12.6. The molecule has 0 bridgehead atoms. The van der Waals surface area contributed by atoms with Gasteiger partial charge in [-0.25, -0.2) is 13.8 Å². The Morgan fingerprint density at radius 1 is 0.868 bits per heavy atom. The summed E-state index contributed by atoms with van der Waals surface area (Å²) in [6.45, 7) is -0.191. The molecular weight excluding hydrogens is 545 g/mol. The molecule has 0 saturated carbocycles. The van der Waals surface area contributed by atoms with Crippen LogP contribution in [0.2, 0.25) is 10.0 Å². The van der Waals surface area contributed by atoms with Crippen molar-refractivity contribution in [1.82, 2.24) is 5.43 Å². The van der Waals surface area contributed by atoms with E-state index in [1.54, 1.807) is 60.7 Å². The highest BCUT2D eigenvalue weighted by molar-refractivity contribution is 7.92. The number of nitrogens with zero attached hydrogens (tertiary/aromatic N) is 2. The van der Waals surface area contributed by atoms with Gasteiger partial charge in [0.15, 0.2) is 0 Å². The number of sulfonamides is 1. The number of nitrogens with one attached hydrogen (secondary N) is 1. The Balaban J connectivity index is 1.47. The molecule has 0 atom stereocenters. The number of benzene rings is 4. The predicted octanol–water partition coefficient (Wildman–Crippen LogP) is 5.92. The molecule has 4 rings (SSSR count). The number of hydrogen-bond acceptors (Lipinski definition) is 5. The summed E-state index contributed by atoms with van der Waals surface area (Å²) < 4.78 is 33.6. The van der Waals surface area contributed by atoms with E-state index in [-0.39, 0.29) is 10.6 Å². The molecule has 194 valence electrons. The summed E-state index contributed by atoms with van der Waals surface area (Å²) in [4.78, 5) is 12.8. The highest BCUT2D eigenvalue weighted by Gasteiger charge is 2.27. The van der Waals surface area contributed by atoms with Crippen LogP contribution in [0.15, 0.2) is 113 Å². The SMILES string of the molecule is O=C(CN(c1cccc(Cl)c1)S(=O)(=O)c1ccccc1)NN=Cc1ccccc1OCc1ccc(Cl)cc1. The number of ether oxygens (including phenoxy) is 1. The fraction of sp³-hybridized carbons (Fsp3) is 0.0714. The number of halogens is 2. The molecule has 0 fully saturated rings. The van der Waals surface area contributed by atoms with Crippen LogP contribution in [-0.2, 0) is 21.4 Å². The van der Waals surface area contributed by atoms with Crippen LogP contribution in [0.4, 0.5) is 5.69 Å². The molecule has 1 amide bonds. The zero-order chi connectivity index (χ0) is 27.0. The van der Waals surface area contributed by atoms with E-state index >= 15 is 0 Å². The smallest absolute Gasteiger partial charge is 0.264 e. The van der Waals surface area contributed by atoms with Gasteiger partial charge >= 0.3 is 0 Å². The molecule has 0 heterocycles. The van der Waals surface area contributed by atoms with Crippen molar-refractivity contribution in [3.05, 3.63) is 124 Å². The first-order valence-corrected chi connectivity index (χ1v) is 13.6.